The number of aliphatic hydroxyl groups is 2. The maximum atomic E-state index is 13.1. The van der Waals surface area contributed by atoms with Crippen molar-refractivity contribution < 1.29 is 34.4 Å². The van der Waals surface area contributed by atoms with Gasteiger partial charge in [-0.15, -0.1) is 0 Å². The van der Waals surface area contributed by atoms with Gasteiger partial charge in [-0.25, -0.2) is 4.79 Å². The fourth-order valence-corrected chi connectivity index (χ4v) is 3.74. The Labute approximate surface area is 183 Å². The fraction of sp³-hybridized carbons (Fsp3) is 0.636. The number of nitrogens with one attached hydrogen (secondary N) is 1. The molecule has 1 aliphatic rings. The summed E-state index contributed by atoms with van der Waals surface area (Å²) in [5.74, 6) is 0.301. The summed E-state index contributed by atoms with van der Waals surface area (Å²) in [5, 5.41) is 32.9. The number of hydrogen-bond donors (Lipinski definition) is 4. The molecule has 0 radical (unpaired) electrons. The van der Waals surface area contributed by atoms with Gasteiger partial charge in [0.2, 0.25) is 0 Å². The van der Waals surface area contributed by atoms with Gasteiger partial charge in [0.15, 0.2) is 13.0 Å². The molecule has 0 saturated carbocycles. The molecular weight excluding hydrogens is 404 g/mol. The molecule has 31 heavy (non-hydrogen) atoms. The Hall–Kier alpha value is -2.36. The van der Waals surface area contributed by atoms with E-state index in [1.165, 1.54) is 7.11 Å². The SMILES string of the molecule is COCOc1c(C(C)C)cc(C(=O)N[C@H]2C(O)N(C(=O)O)CCC[C@H]2O)cc1C(C)C. The Bertz CT molecular complexity index is 752. The smallest absolute Gasteiger partial charge is 0.409 e. The maximum absolute atomic E-state index is 13.1. The molecular formula is C22H34N2O7. The molecule has 2 amide bonds. The zero-order chi connectivity index (χ0) is 23.3. The van der Waals surface area contributed by atoms with E-state index < -0.39 is 30.4 Å². The third kappa shape index (κ3) is 5.87. The quantitative estimate of drug-likeness (QED) is 0.481. The molecule has 0 aromatic heterocycles. The number of carbonyl (C=O) groups is 2. The second kappa shape index (κ2) is 10.8. The van der Waals surface area contributed by atoms with Gasteiger partial charge in [0, 0.05) is 19.2 Å². The molecule has 0 spiro atoms. The highest BCUT2D eigenvalue weighted by molar-refractivity contribution is 5.95. The summed E-state index contributed by atoms with van der Waals surface area (Å²) >= 11 is 0. The topological polar surface area (TPSA) is 129 Å². The summed E-state index contributed by atoms with van der Waals surface area (Å²) in [6.45, 7) is 8.13. The lowest BCUT2D eigenvalue weighted by atomic mass is 9.91. The second-order valence-electron chi connectivity index (χ2n) is 8.44. The maximum Gasteiger partial charge on any atom is 0.409 e. The minimum absolute atomic E-state index is 0.0636. The van der Waals surface area contributed by atoms with Gasteiger partial charge in [-0.2, -0.15) is 0 Å². The van der Waals surface area contributed by atoms with Crippen LogP contribution < -0.4 is 10.1 Å². The molecule has 1 fully saturated rings. The van der Waals surface area contributed by atoms with Gasteiger partial charge >= 0.3 is 6.09 Å². The number of carboxylic acid groups (broad SMARTS) is 1. The number of methoxy groups -OCH3 is 1. The van der Waals surface area contributed by atoms with Gasteiger partial charge in [0.25, 0.3) is 5.91 Å². The van der Waals surface area contributed by atoms with E-state index in [4.69, 9.17) is 9.47 Å². The molecule has 174 valence electrons. The first kappa shape index (κ1) is 24.9. The van der Waals surface area contributed by atoms with E-state index in [1.54, 1.807) is 12.1 Å². The molecule has 3 atom stereocenters. The van der Waals surface area contributed by atoms with Crippen molar-refractivity contribution in [3.63, 3.8) is 0 Å². The lowest BCUT2D eigenvalue weighted by Gasteiger charge is -2.31. The van der Waals surface area contributed by atoms with Crippen molar-refractivity contribution in [3.8, 4) is 5.75 Å². The Kier molecular flexibility index (Phi) is 8.67. The van der Waals surface area contributed by atoms with E-state index >= 15 is 0 Å². The first-order valence-corrected chi connectivity index (χ1v) is 10.5. The van der Waals surface area contributed by atoms with Crippen LogP contribution in [0.4, 0.5) is 4.79 Å². The van der Waals surface area contributed by atoms with Crippen LogP contribution in [0.3, 0.4) is 0 Å². The van der Waals surface area contributed by atoms with Crippen LogP contribution >= 0.6 is 0 Å². The molecule has 1 aliphatic heterocycles. The summed E-state index contributed by atoms with van der Waals surface area (Å²) in [5.41, 5.74) is 2.02. The average Bonchev–Trinajstić information content (AvgIpc) is 2.84. The van der Waals surface area contributed by atoms with E-state index in [-0.39, 0.29) is 31.6 Å². The number of carbonyl (C=O) groups excluding carboxylic acids is 1. The first-order valence-electron chi connectivity index (χ1n) is 10.5. The number of ether oxygens (including phenoxy) is 2. The van der Waals surface area contributed by atoms with E-state index in [2.05, 4.69) is 5.32 Å². The second-order valence-corrected chi connectivity index (χ2v) is 8.44. The van der Waals surface area contributed by atoms with E-state index in [0.717, 1.165) is 16.0 Å². The summed E-state index contributed by atoms with van der Waals surface area (Å²) in [7, 11) is 1.54. The monoisotopic (exact) mass is 438 g/mol. The van der Waals surface area contributed by atoms with Crippen molar-refractivity contribution in [2.75, 3.05) is 20.4 Å². The van der Waals surface area contributed by atoms with Crippen LogP contribution in [0.5, 0.6) is 5.75 Å². The minimum Gasteiger partial charge on any atom is -0.467 e. The van der Waals surface area contributed by atoms with E-state index in [1.807, 2.05) is 27.7 Å². The molecule has 0 aliphatic carbocycles. The lowest BCUT2D eigenvalue weighted by molar-refractivity contribution is -0.0322. The number of rotatable bonds is 7. The van der Waals surface area contributed by atoms with Gasteiger partial charge in [-0.1, -0.05) is 27.7 Å². The summed E-state index contributed by atoms with van der Waals surface area (Å²) in [6.07, 6.45) is -3.26. The largest absolute Gasteiger partial charge is 0.467 e. The lowest BCUT2D eigenvalue weighted by Crippen LogP contribution is -2.56. The van der Waals surface area contributed by atoms with Crippen molar-refractivity contribution in [1.29, 1.82) is 0 Å². The summed E-state index contributed by atoms with van der Waals surface area (Å²) < 4.78 is 10.9. The molecule has 1 unspecified atom stereocenters. The third-order valence-electron chi connectivity index (χ3n) is 5.47. The highest BCUT2D eigenvalue weighted by Crippen LogP contribution is 2.36. The van der Waals surface area contributed by atoms with Crippen LogP contribution in [0.2, 0.25) is 0 Å². The highest BCUT2D eigenvalue weighted by Gasteiger charge is 2.37. The number of nitrogens with zero attached hydrogens (tertiary/aromatic N) is 1. The first-order chi connectivity index (χ1) is 14.6. The Balaban J connectivity index is 2.40. The molecule has 1 heterocycles. The van der Waals surface area contributed by atoms with Crippen LogP contribution in [-0.2, 0) is 4.74 Å². The molecule has 2 rings (SSSR count). The minimum atomic E-state index is -1.54. The van der Waals surface area contributed by atoms with Crippen LogP contribution in [0.15, 0.2) is 12.1 Å². The van der Waals surface area contributed by atoms with Gasteiger partial charge in [-0.3, -0.25) is 9.69 Å². The van der Waals surface area contributed by atoms with E-state index in [9.17, 15) is 24.9 Å². The van der Waals surface area contributed by atoms with Crippen LogP contribution in [0, 0.1) is 0 Å². The molecule has 0 bridgehead atoms. The Morgan fingerprint density at radius 3 is 2.23 bits per heavy atom. The molecule has 1 aromatic carbocycles. The number of hydrogen-bond acceptors (Lipinski definition) is 6. The number of amides is 2. The predicted octanol–water partition coefficient (Wildman–Crippen LogP) is 2.47. The normalized spacial score (nSPS) is 21.8. The van der Waals surface area contributed by atoms with Crippen LogP contribution in [-0.4, -0.2) is 71.0 Å². The molecule has 9 heteroatoms. The average molecular weight is 439 g/mol. The van der Waals surface area contributed by atoms with Gasteiger partial charge in [0.1, 0.15) is 5.75 Å². The summed E-state index contributed by atoms with van der Waals surface area (Å²) in [6, 6.07) is 2.31. The standard InChI is InChI=1S/C22H34N2O7/c1-12(2)15-9-14(10-16(13(3)4)19(15)31-11-30-5)20(26)23-18-17(25)7-6-8-24(21(18)27)22(28)29/h9-10,12-13,17-18,21,25,27H,6-8,11H2,1-5H3,(H,23,26)(H,28,29)/t17-,18-,21?/m1/s1. The van der Waals surface area contributed by atoms with Crippen LogP contribution in [0.25, 0.3) is 0 Å². The zero-order valence-electron chi connectivity index (χ0n) is 18.8. The highest BCUT2D eigenvalue weighted by atomic mass is 16.7. The van der Waals surface area contributed by atoms with Crippen molar-refractivity contribution in [2.45, 2.75) is 70.7 Å². The molecule has 1 aromatic rings. The molecule has 1 saturated heterocycles. The van der Waals surface area contributed by atoms with Crippen molar-refractivity contribution in [3.05, 3.63) is 28.8 Å². The number of likely N-dealkylation sites (tertiary alicyclic amines) is 1. The van der Waals surface area contributed by atoms with Gasteiger partial charge < -0.3 is 30.1 Å². The Morgan fingerprint density at radius 1 is 1.16 bits per heavy atom. The van der Waals surface area contributed by atoms with E-state index in [0.29, 0.717) is 17.7 Å². The molecule has 4 N–H and O–H groups in total. The molecule has 9 nitrogen and oxygen atoms in total. The number of aliphatic hydroxyl groups excluding tert-OH is 2. The summed E-state index contributed by atoms with van der Waals surface area (Å²) in [4.78, 5) is 25.4. The van der Waals surface area contributed by atoms with Gasteiger partial charge in [-0.05, 0) is 47.9 Å². The van der Waals surface area contributed by atoms with Crippen molar-refractivity contribution >= 4 is 12.0 Å². The van der Waals surface area contributed by atoms with Crippen molar-refractivity contribution in [1.82, 2.24) is 10.2 Å². The van der Waals surface area contributed by atoms with Crippen LogP contribution in [0.1, 0.15) is 73.9 Å². The number of benzene rings is 1. The Morgan fingerprint density at radius 2 is 1.74 bits per heavy atom. The fourth-order valence-electron chi connectivity index (χ4n) is 3.74. The predicted molar refractivity (Wildman–Crippen MR) is 114 cm³/mol. The zero-order valence-corrected chi connectivity index (χ0v) is 18.8. The third-order valence-corrected chi connectivity index (χ3v) is 5.47. The van der Waals surface area contributed by atoms with Crippen molar-refractivity contribution in [2.24, 2.45) is 0 Å². The van der Waals surface area contributed by atoms with Gasteiger partial charge in [0.05, 0.1) is 12.1 Å².